The Hall–Kier alpha value is -0.870. The van der Waals surface area contributed by atoms with Gasteiger partial charge in [-0.15, -0.1) is 0 Å². The van der Waals surface area contributed by atoms with Gasteiger partial charge in [0.15, 0.2) is 0 Å². The summed E-state index contributed by atoms with van der Waals surface area (Å²) in [5, 5.41) is 12.1. The van der Waals surface area contributed by atoms with Crippen molar-refractivity contribution in [3.8, 4) is 0 Å². The van der Waals surface area contributed by atoms with Crippen LogP contribution in [0.1, 0.15) is 30.3 Å². The summed E-state index contributed by atoms with van der Waals surface area (Å²) in [5.74, 6) is 0.929. The SMILES string of the molecule is OCc1nc(C2CCNCC2)co1. The summed E-state index contributed by atoms with van der Waals surface area (Å²) in [4.78, 5) is 4.21. The molecule has 0 aromatic carbocycles. The maximum atomic E-state index is 8.78. The van der Waals surface area contributed by atoms with Gasteiger partial charge in [0.05, 0.1) is 5.69 Å². The number of oxazole rings is 1. The Kier molecular flexibility index (Phi) is 2.61. The van der Waals surface area contributed by atoms with E-state index in [1.165, 1.54) is 0 Å². The van der Waals surface area contributed by atoms with Crippen LogP contribution < -0.4 is 5.32 Å². The van der Waals surface area contributed by atoms with Crippen LogP contribution in [0.25, 0.3) is 0 Å². The first kappa shape index (κ1) is 8.72. The van der Waals surface area contributed by atoms with Gasteiger partial charge in [-0.25, -0.2) is 4.98 Å². The van der Waals surface area contributed by atoms with Crippen LogP contribution in [0.2, 0.25) is 0 Å². The number of piperidine rings is 1. The molecule has 2 rings (SSSR count). The van der Waals surface area contributed by atoms with Crippen molar-refractivity contribution in [2.24, 2.45) is 0 Å². The van der Waals surface area contributed by atoms with Crippen molar-refractivity contribution in [2.75, 3.05) is 13.1 Å². The van der Waals surface area contributed by atoms with E-state index in [0.717, 1.165) is 31.6 Å². The zero-order valence-corrected chi connectivity index (χ0v) is 7.49. The molecule has 13 heavy (non-hydrogen) atoms. The summed E-state index contributed by atoms with van der Waals surface area (Å²) in [6, 6.07) is 0. The third-order valence-corrected chi connectivity index (χ3v) is 2.46. The molecule has 1 aromatic rings. The number of nitrogens with one attached hydrogen (secondary N) is 1. The molecule has 1 aliphatic heterocycles. The monoisotopic (exact) mass is 182 g/mol. The second kappa shape index (κ2) is 3.89. The van der Waals surface area contributed by atoms with E-state index in [2.05, 4.69) is 10.3 Å². The molecule has 1 saturated heterocycles. The average molecular weight is 182 g/mol. The van der Waals surface area contributed by atoms with Crippen LogP contribution in [0.5, 0.6) is 0 Å². The molecule has 1 fully saturated rings. The van der Waals surface area contributed by atoms with Crippen LogP contribution in [-0.4, -0.2) is 23.2 Å². The van der Waals surface area contributed by atoms with Crippen LogP contribution in [-0.2, 0) is 6.61 Å². The number of hydrogen-bond donors (Lipinski definition) is 2. The lowest BCUT2D eigenvalue weighted by Gasteiger charge is -2.20. The summed E-state index contributed by atoms with van der Waals surface area (Å²) in [6.45, 7) is 1.99. The lowest BCUT2D eigenvalue weighted by atomic mass is 9.95. The molecule has 1 aromatic heterocycles. The summed E-state index contributed by atoms with van der Waals surface area (Å²) in [7, 11) is 0. The second-order valence-corrected chi connectivity index (χ2v) is 3.35. The molecule has 72 valence electrons. The summed E-state index contributed by atoms with van der Waals surface area (Å²) in [5.41, 5.74) is 0.991. The highest BCUT2D eigenvalue weighted by atomic mass is 16.4. The van der Waals surface area contributed by atoms with Crippen molar-refractivity contribution in [2.45, 2.75) is 25.4 Å². The predicted octanol–water partition coefficient (Wildman–Crippen LogP) is 0.634. The Morgan fingerprint density at radius 2 is 2.31 bits per heavy atom. The zero-order valence-electron chi connectivity index (χ0n) is 7.49. The molecule has 0 aliphatic carbocycles. The fourth-order valence-electron chi connectivity index (χ4n) is 1.70. The molecule has 2 heterocycles. The highest BCUT2D eigenvalue weighted by molar-refractivity contribution is 5.05. The molecule has 0 radical (unpaired) electrons. The van der Waals surface area contributed by atoms with E-state index in [1.807, 2.05) is 0 Å². The van der Waals surface area contributed by atoms with E-state index in [4.69, 9.17) is 9.52 Å². The van der Waals surface area contributed by atoms with Crippen molar-refractivity contribution in [1.29, 1.82) is 0 Å². The molecule has 0 amide bonds. The minimum Gasteiger partial charge on any atom is -0.446 e. The minimum atomic E-state index is -0.106. The minimum absolute atomic E-state index is 0.106. The normalized spacial score (nSPS) is 19.2. The first-order chi connectivity index (χ1) is 6.40. The Morgan fingerprint density at radius 1 is 1.54 bits per heavy atom. The summed E-state index contributed by atoms with van der Waals surface area (Å²) < 4.78 is 5.09. The number of nitrogens with zero attached hydrogens (tertiary/aromatic N) is 1. The molecule has 0 spiro atoms. The third kappa shape index (κ3) is 1.89. The Balaban J connectivity index is 2.05. The van der Waals surface area contributed by atoms with Gasteiger partial charge in [0.2, 0.25) is 5.89 Å². The van der Waals surface area contributed by atoms with Crippen molar-refractivity contribution in [3.05, 3.63) is 17.8 Å². The smallest absolute Gasteiger partial charge is 0.219 e. The fourth-order valence-corrected chi connectivity index (χ4v) is 1.70. The van der Waals surface area contributed by atoms with E-state index >= 15 is 0 Å². The molecule has 1 aliphatic rings. The topological polar surface area (TPSA) is 58.3 Å². The number of aliphatic hydroxyl groups is 1. The maximum absolute atomic E-state index is 8.78. The van der Waals surface area contributed by atoms with E-state index in [9.17, 15) is 0 Å². The molecular formula is C9H14N2O2. The highest BCUT2D eigenvalue weighted by Crippen LogP contribution is 2.24. The van der Waals surface area contributed by atoms with Gasteiger partial charge in [-0.1, -0.05) is 0 Å². The molecular weight excluding hydrogens is 168 g/mol. The van der Waals surface area contributed by atoms with Gasteiger partial charge < -0.3 is 14.8 Å². The lowest BCUT2D eigenvalue weighted by molar-refractivity contribution is 0.240. The summed E-state index contributed by atoms with van der Waals surface area (Å²) in [6.07, 6.45) is 3.89. The molecule has 0 atom stereocenters. The van der Waals surface area contributed by atoms with E-state index in [0.29, 0.717) is 11.8 Å². The zero-order chi connectivity index (χ0) is 9.10. The van der Waals surface area contributed by atoms with E-state index in [-0.39, 0.29) is 6.61 Å². The third-order valence-electron chi connectivity index (χ3n) is 2.46. The van der Waals surface area contributed by atoms with Crippen molar-refractivity contribution >= 4 is 0 Å². The maximum Gasteiger partial charge on any atom is 0.219 e. The second-order valence-electron chi connectivity index (χ2n) is 3.35. The van der Waals surface area contributed by atoms with E-state index in [1.54, 1.807) is 6.26 Å². The van der Waals surface area contributed by atoms with Crippen LogP contribution in [0.15, 0.2) is 10.7 Å². The van der Waals surface area contributed by atoms with Gasteiger partial charge in [-0.2, -0.15) is 0 Å². The van der Waals surface area contributed by atoms with Gasteiger partial charge in [-0.3, -0.25) is 0 Å². The number of aliphatic hydroxyl groups excluding tert-OH is 1. The van der Waals surface area contributed by atoms with E-state index < -0.39 is 0 Å². The highest BCUT2D eigenvalue weighted by Gasteiger charge is 2.18. The quantitative estimate of drug-likeness (QED) is 0.704. The standard InChI is InChI=1S/C9H14N2O2/c12-5-9-11-8(6-13-9)7-1-3-10-4-2-7/h6-7,10,12H,1-5H2. The largest absolute Gasteiger partial charge is 0.446 e. The molecule has 0 unspecified atom stereocenters. The van der Waals surface area contributed by atoms with Gasteiger partial charge in [0.1, 0.15) is 12.9 Å². The first-order valence-corrected chi connectivity index (χ1v) is 4.66. The predicted molar refractivity (Wildman–Crippen MR) is 47.3 cm³/mol. The first-order valence-electron chi connectivity index (χ1n) is 4.66. The Labute approximate surface area is 77.0 Å². The molecule has 0 bridgehead atoms. The number of rotatable bonds is 2. The molecule has 2 N–H and O–H groups in total. The van der Waals surface area contributed by atoms with Crippen molar-refractivity contribution < 1.29 is 9.52 Å². The van der Waals surface area contributed by atoms with Gasteiger partial charge in [0.25, 0.3) is 0 Å². The van der Waals surface area contributed by atoms with Gasteiger partial charge >= 0.3 is 0 Å². The Bertz CT molecular complexity index is 266. The molecule has 4 nitrogen and oxygen atoms in total. The number of aromatic nitrogens is 1. The van der Waals surface area contributed by atoms with Gasteiger partial charge in [0, 0.05) is 5.92 Å². The summed E-state index contributed by atoms with van der Waals surface area (Å²) >= 11 is 0. The lowest BCUT2D eigenvalue weighted by Crippen LogP contribution is -2.26. The van der Waals surface area contributed by atoms with Gasteiger partial charge in [-0.05, 0) is 25.9 Å². The van der Waals surface area contributed by atoms with Crippen molar-refractivity contribution in [3.63, 3.8) is 0 Å². The fraction of sp³-hybridized carbons (Fsp3) is 0.667. The van der Waals surface area contributed by atoms with Crippen LogP contribution in [0, 0.1) is 0 Å². The van der Waals surface area contributed by atoms with Crippen LogP contribution >= 0.6 is 0 Å². The van der Waals surface area contributed by atoms with Crippen LogP contribution in [0.3, 0.4) is 0 Å². The Morgan fingerprint density at radius 3 is 2.92 bits per heavy atom. The number of hydrogen-bond acceptors (Lipinski definition) is 4. The molecule has 4 heteroatoms. The average Bonchev–Trinajstić information content (AvgIpc) is 2.67. The molecule has 0 saturated carbocycles. The van der Waals surface area contributed by atoms with Crippen LogP contribution in [0.4, 0.5) is 0 Å². The van der Waals surface area contributed by atoms with Crippen molar-refractivity contribution in [1.82, 2.24) is 10.3 Å².